The Balaban J connectivity index is 1.33. The molecule has 5 heteroatoms. The van der Waals surface area contributed by atoms with Crippen molar-refractivity contribution in [1.29, 1.82) is 0 Å². The summed E-state index contributed by atoms with van der Waals surface area (Å²) in [6.07, 6.45) is 1.24. The summed E-state index contributed by atoms with van der Waals surface area (Å²) in [5.41, 5.74) is 2.10. The molecule has 0 unspecified atom stereocenters. The molecular weight excluding hydrogens is 302 g/mol. The van der Waals surface area contributed by atoms with Gasteiger partial charge in [0.15, 0.2) is 5.82 Å². The molecule has 1 saturated carbocycles. The van der Waals surface area contributed by atoms with Gasteiger partial charge in [-0.15, -0.1) is 0 Å². The highest BCUT2D eigenvalue weighted by molar-refractivity contribution is 5.57. The highest BCUT2D eigenvalue weighted by Crippen LogP contribution is 2.47. The Hall–Kier alpha value is -2.40. The number of hydrogen-bond acceptors (Lipinski definition) is 5. The van der Waals surface area contributed by atoms with Crippen LogP contribution in [0.5, 0.6) is 0 Å². The molecule has 3 aromatic rings. The number of hydrogen-bond donors (Lipinski definition) is 1. The van der Waals surface area contributed by atoms with Gasteiger partial charge in [-0.1, -0.05) is 30.3 Å². The summed E-state index contributed by atoms with van der Waals surface area (Å²) in [7, 11) is 0. The van der Waals surface area contributed by atoms with E-state index in [1.54, 1.807) is 0 Å². The molecule has 0 saturated heterocycles. The number of aryl methyl sites for hydroxylation is 1. The van der Waals surface area contributed by atoms with Crippen LogP contribution in [0.25, 0.3) is 11.5 Å². The average molecular weight is 323 g/mol. The monoisotopic (exact) mass is 323 g/mol. The van der Waals surface area contributed by atoms with Crippen LogP contribution in [-0.2, 0) is 13.1 Å². The van der Waals surface area contributed by atoms with Crippen LogP contribution in [-0.4, -0.2) is 10.1 Å². The molecule has 24 heavy (non-hydrogen) atoms. The van der Waals surface area contributed by atoms with E-state index in [1.807, 2.05) is 37.3 Å². The quantitative estimate of drug-likeness (QED) is 0.741. The summed E-state index contributed by atoms with van der Waals surface area (Å²) >= 11 is 0. The van der Waals surface area contributed by atoms with Crippen LogP contribution in [0.4, 0.5) is 0 Å². The molecule has 0 aliphatic heterocycles. The van der Waals surface area contributed by atoms with Crippen LogP contribution in [0.1, 0.15) is 42.2 Å². The van der Waals surface area contributed by atoms with Gasteiger partial charge in [0.25, 0.3) is 5.89 Å². The Morgan fingerprint density at radius 2 is 2.00 bits per heavy atom. The van der Waals surface area contributed by atoms with E-state index >= 15 is 0 Å². The molecule has 1 fully saturated rings. The molecule has 1 aliphatic carbocycles. The molecule has 2 heterocycles. The number of rotatable bonds is 6. The topological polar surface area (TPSA) is 64.1 Å². The summed E-state index contributed by atoms with van der Waals surface area (Å²) in [6, 6.07) is 12.1. The second kappa shape index (κ2) is 6.24. The van der Waals surface area contributed by atoms with Crippen molar-refractivity contribution in [2.45, 2.75) is 39.3 Å². The SMILES string of the molecule is Cc1ccccc1-c1nc(CNCc2ccc([C@@H]3C[C@@H]3C)o2)no1. The highest BCUT2D eigenvalue weighted by Gasteiger charge is 2.36. The first-order valence-electron chi connectivity index (χ1n) is 8.38. The fraction of sp³-hybridized carbons (Fsp3) is 0.368. The van der Waals surface area contributed by atoms with E-state index in [1.165, 1.54) is 6.42 Å². The summed E-state index contributed by atoms with van der Waals surface area (Å²) in [5, 5.41) is 7.34. The van der Waals surface area contributed by atoms with Gasteiger partial charge in [-0.05, 0) is 43.0 Å². The predicted molar refractivity (Wildman–Crippen MR) is 90.2 cm³/mol. The second-order valence-corrected chi connectivity index (χ2v) is 6.56. The van der Waals surface area contributed by atoms with Crippen LogP contribution in [0.15, 0.2) is 45.3 Å². The van der Waals surface area contributed by atoms with Crippen molar-refractivity contribution in [1.82, 2.24) is 15.5 Å². The van der Waals surface area contributed by atoms with Gasteiger partial charge in [-0.25, -0.2) is 0 Å². The summed E-state index contributed by atoms with van der Waals surface area (Å²) in [5.74, 6) is 4.65. The van der Waals surface area contributed by atoms with Crippen molar-refractivity contribution in [2.75, 3.05) is 0 Å². The van der Waals surface area contributed by atoms with Crippen molar-refractivity contribution in [2.24, 2.45) is 5.92 Å². The van der Waals surface area contributed by atoms with Crippen molar-refractivity contribution < 1.29 is 8.94 Å². The van der Waals surface area contributed by atoms with Gasteiger partial charge in [-0.2, -0.15) is 4.98 Å². The lowest BCUT2D eigenvalue weighted by molar-refractivity contribution is 0.413. The minimum Gasteiger partial charge on any atom is -0.464 e. The predicted octanol–water partition coefficient (Wildman–Crippen LogP) is 4.05. The largest absolute Gasteiger partial charge is 0.464 e. The number of furan rings is 1. The van der Waals surface area contributed by atoms with E-state index in [0.717, 1.165) is 28.6 Å². The standard InChI is InChI=1S/C19H21N3O2/c1-12-5-3-4-6-15(12)19-21-18(22-24-19)11-20-10-14-7-8-17(23-14)16-9-13(16)2/h3-8,13,16,20H,9-11H2,1-2H3/t13-,16+/m0/s1. The molecule has 5 nitrogen and oxygen atoms in total. The minimum atomic E-state index is 0.547. The van der Waals surface area contributed by atoms with Crippen molar-refractivity contribution in [3.8, 4) is 11.5 Å². The third-order valence-electron chi connectivity index (χ3n) is 4.58. The van der Waals surface area contributed by atoms with Gasteiger partial charge in [-0.3, -0.25) is 0 Å². The van der Waals surface area contributed by atoms with Gasteiger partial charge in [0, 0.05) is 11.5 Å². The van der Waals surface area contributed by atoms with E-state index in [0.29, 0.717) is 30.7 Å². The van der Waals surface area contributed by atoms with Crippen LogP contribution >= 0.6 is 0 Å². The molecule has 0 amide bonds. The molecule has 0 spiro atoms. The summed E-state index contributed by atoms with van der Waals surface area (Å²) < 4.78 is 11.2. The zero-order valence-electron chi connectivity index (χ0n) is 14.0. The van der Waals surface area contributed by atoms with Crippen LogP contribution in [0.2, 0.25) is 0 Å². The van der Waals surface area contributed by atoms with Gasteiger partial charge in [0.2, 0.25) is 0 Å². The third kappa shape index (κ3) is 3.12. The van der Waals surface area contributed by atoms with Crippen molar-refractivity contribution >= 4 is 0 Å². The second-order valence-electron chi connectivity index (χ2n) is 6.56. The summed E-state index contributed by atoms with van der Waals surface area (Å²) in [4.78, 5) is 4.45. The molecule has 4 rings (SSSR count). The molecule has 1 aliphatic rings. The highest BCUT2D eigenvalue weighted by atomic mass is 16.5. The van der Waals surface area contributed by atoms with Gasteiger partial charge < -0.3 is 14.3 Å². The average Bonchev–Trinajstić information content (AvgIpc) is 3.00. The molecule has 1 aromatic carbocycles. The summed E-state index contributed by atoms with van der Waals surface area (Å²) in [6.45, 7) is 5.50. The Bertz CT molecular complexity index is 837. The minimum absolute atomic E-state index is 0.547. The van der Waals surface area contributed by atoms with E-state index in [9.17, 15) is 0 Å². The van der Waals surface area contributed by atoms with E-state index in [-0.39, 0.29) is 0 Å². The first-order valence-corrected chi connectivity index (χ1v) is 8.38. The number of nitrogens with one attached hydrogen (secondary N) is 1. The van der Waals surface area contributed by atoms with E-state index in [4.69, 9.17) is 8.94 Å². The Labute approximate surface area is 141 Å². The molecular formula is C19H21N3O2. The number of nitrogens with zero attached hydrogens (tertiary/aromatic N) is 2. The lowest BCUT2D eigenvalue weighted by Crippen LogP contribution is -2.13. The fourth-order valence-corrected chi connectivity index (χ4v) is 2.95. The van der Waals surface area contributed by atoms with Crippen LogP contribution in [0.3, 0.4) is 0 Å². The first kappa shape index (κ1) is 15.1. The van der Waals surface area contributed by atoms with Gasteiger partial charge >= 0.3 is 0 Å². The number of aromatic nitrogens is 2. The maximum Gasteiger partial charge on any atom is 0.258 e. The van der Waals surface area contributed by atoms with Crippen molar-refractivity contribution in [3.63, 3.8) is 0 Å². The Morgan fingerprint density at radius 1 is 1.17 bits per heavy atom. The smallest absolute Gasteiger partial charge is 0.258 e. The molecule has 0 radical (unpaired) electrons. The van der Waals surface area contributed by atoms with Gasteiger partial charge in [0.1, 0.15) is 11.5 Å². The molecule has 124 valence electrons. The fourth-order valence-electron chi connectivity index (χ4n) is 2.95. The maximum atomic E-state index is 5.88. The number of benzene rings is 1. The lowest BCUT2D eigenvalue weighted by Gasteiger charge is -1.99. The first-order chi connectivity index (χ1) is 11.7. The van der Waals surface area contributed by atoms with Crippen molar-refractivity contribution in [3.05, 3.63) is 59.3 Å². The van der Waals surface area contributed by atoms with E-state index < -0.39 is 0 Å². The molecule has 0 bridgehead atoms. The van der Waals surface area contributed by atoms with Gasteiger partial charge in [0.05, 0.1) is 13.1 Å². The molecule has 2 atom stereocenters. The molecule has 2 aromatic heterocycles. The zero-order chi connectivity index (χ0) is 16.5. The van der Waals surface area contributed by atoms with Crippen LogP contribution in [0, 0.1) is 12.8 Å². The maximum absolute atomic E-state index is 5.88. The van der Waals surface area contributed by atoms with Crippen LogP contribution < -0.4 is 5.32 Å². The zero-order valence-corrected chi connectivity index (χ0v) is 14.0. The third-order valence-corrected chi connectivity index (χ3v) is 4.58. The molecule has 1 N–H and O–H groups in total. The Morgan fingerprint density at radius 3 is 2.79 bits per heavy atom. The normalized spacial score (nSPS) is 19.6. The Kier molecular flexibility index (Phi) is 3.94. The lowest BCUT2D eigenvalue weighted by atomic mass is 10.1. The van der Waals surface area contributed by atoms with E-state index in [2.05, 4.69) is 28.4 Å².